The zero-order chi connectivity index (χ0) is 12.5. The SMILES string of the molecule is OC1CCC2N=C(Cc3ccc(Cl)cc3)NC2C1. The average Bonchev–Trinajstić information content (AvgIpc) is 2.73. The molecule has 0 aromatic heterocycles. The standard InChI is InChI=1S/C14H17ClN2O/c15-10-3-1-9(2-4-10)7-14-16-12-6-5-11(18)8-13(12)17-14/h1-4,11-13,18H,5-8H2,(H,16,17). The van der Waals surface area contributed by atoms with Gasteiger partial charge in [-0.2, -0.15) is 0 Å². The van der Waals surface area contributed by atoms with Gasteiger partial charge in [0.05, 0.1) is 18.2 Å². The summed E-state index contributed by atoms with van der Waals surface area (Å²) in [6, 6.07) is 8.56. The first kappa shape index (κ1) is 12.0. The van der Waals surface area contributed by atoms with E-state index < -0.39 is 0 Å². The number of aliphatic hydroxyl groups excluding tert-OH is 1. The number of nitrogens with zero attached hydrogens (tertiary/aromatic N) is 1. The van der Waals surface area contributed by atoms with E-state index in [1.165, 1.54) is 5.56 Å². The van der Waals surface area contributed by atoms with Crippen molar-refractivity contribution in [2.24, 2.45) is 4.99 Å². The van der Waals surface area contributed by atoms with E-state index in [9.17, 15) is 5.11 Å². The monoisotopic (exact) mass is 264 g/mol. The van der Waals surface area contributed by atoms with Gasteiger partial charge in [-0.15, -0.1) is 0 Å². The van der Waals surface area contributed by atoms with Gasteiger partial charge in [0.25, 0.3) is 0 Å². The summed E-state index contributed by atoms with van der Waals surface area (Å²) in [4.78, 5) is 4.72. The fourth-order valence-electron chi connectivity index (χ4n) is 2.79. The van der Waals surface area contributed by atoms with Crippen LogP contribution in [0.15, 0.2) is 29.3 Å². The number of amidine groups is 1. The van der Waals surface area contributed by atoms with Crippen molar-refractivity contribution < 1.29 is 5.11 Å². The maximum Gasteiger partial charge on any atom is 0.101 e. The highest BCUT2D eigenvalue weighted by Crippen LogP contribution is 2.25. The lowest BCUT2D eigenvalue weighted by atomic mass is 9.90. The van der Waals surface area contributed by atoms with Crippen LogP contribution in [-0.2, 0) is 6.42 Å². The minimum absolute atomic E-state index is 0.163. The van der Waals surface area contributed by atoms with Crippen molar-refractivity contribution in [2.45, 2.75) is 43.9 Å². The minimum atomic E-state index is -0.163. The molecule has 18 heavy (non-hydrogen) atoms. The Morgan fingerprint density at radius 2 is 2.06 bits per heavy atom. The molecule has 4 heteroatoms. The third-order valence-corrected chi connectivity index (χ3v) is 4.00. The molecule has 1 aliphatic carbocycles. The third kappa shape index (κ3) is 2.52. The van der Waals surface area contributed by atoms with Gasteiger partial charge in [-0.1, -0.05) is 23.7 Å². The molecule has 1 aromatic carbocycles. The maximum absolute atomic E-state index is 9.66. The van der Waals surface area contributed by atoms with Gasteiger partial charge in [0.2, 0.25) is 0 Å². The van der Waals surface area contributed by atoms with Crippen LogP contribution in [0.3, 0.4) is 0 Å². The van der Waals surface area contributed by atoms with Crippen molar-refractivity contribution in [1.82, 2.24) is 5.32 Å². The Morgan fingerprint density at radius 1 is 1.28 bits per heavy atom. The number of hydrogen-bond acceptors (Lipinski definition) is 3. The molecule has 3 rings (SSSR count). The van der Waals surface area contributed by atoms with Crippen molar-refractivity contribution >= 4 is 17.4 Å². The fraction of sp³-hybridized carbons (Fsp3) is 0.500. The number of fused-ring (bicyclic) bond motifs is 1. The number of aliphatic hydroxyl groups is 1. The quantitative estimate of drug-likeness (QED) is 0.860. The van der Waals surface area contributed by atoms with Crippen LogP contribution in [0.5, 0.6) is 0 Å². The number of benzene rings is 1. The second-order valence-corrected chi connectivity index (χ2v) is 5.60. The van der Waals surface area contributed by atoms with Gasteiger partial charge < -0.3 is 10.4 Å². The predicted octanol–water partition coefficient (Wildman–Crippen LogP) is 2.17. The first-order chi connectivity index (χ1) is 8.70. The van der Waals surface area contributed by atoms with Crippen LogP contribution in [0.1, 0.15) is 24.8 Å². The molecule has 1 aliphatic heterocycles. The summed E-state index contributed by atoms with van der Waals surface area (Å²) in [6.07, 6.45) is 3.34. The second-order valence-electron chi connectivity index (χ2n) is 5.16. The van der Waals surface area contributed by atoms with Gasteiger partial charge >= 0.3 is 0 Å². The Kier molecular flexibility index (Phi) is 3.27. The Labute approximate surface area is 112 Å². The van der Waals surface area contributed by atoms with Gasteiger partial charge in [-0.05, 0) is 37.0 Å². The lowest BCUT2D eigenvalue weighted by Crippen LogP contribution is -2.41. The molecule has 1 heterocycles. The summed E-state index contributed by atoms with van der Waals surface area (Å²) < 4.78 is 0. The molecule has 0 bridgehead atoms. The highest BCUT2D eigenvalue weighted by molar-refractivity contribution is 6.30. The van der Waals surface area contributed by atoms with Crippen LogP contribution in [0.25, 0.3) is 0 Å². The van der Waals surface area contributed by atoms with Gasteiger partial charge in [0, 0.05) is 11.4 Å². The van der Waals surface area contributed by atoms with E-state index in [1.54, 1.807) is 0 Å². The molecule has 2 aliphatic rings. The topological polar surface area (TPSA) is 44.6 Å². The Balaban J connectivity index is 1.66. The van der Waals surface area contributed by atoms with Gasteiger partial charge in [-0.3, -0.25) is 4.99 Å². The zero-order valence-electron chi connectivity index (χ0n) is 10.1. The molecule has 96 valence electrons. The largest absolute Gasteiger partial charge is 0.393 e. The van der Waals surface area contributed by atoms with Crippen LogP contribution in [0, 0.1) is 0 Å². The van der Waals surface area contributed by atoms with Crippen LogP contribution in [0.4, 0.5) is 0 Å². The average molecular weight is 265 g/mol. The predicted molar refractivity (Wildman–Crippen MR) is 73.2 cm³/mol. The molecule has 1 saturated carbocycles. The summed E-state index contributed by atoms with van der Waals surface area (Å²) in [5.41, 5.74) is 1.21. The van der Waals surface area contributed by atoms with Crippen molar-refractivity contribution in [1.29, 1.82) is 0 Å². The Bertz CT molecular complexity index is 457. The van der Waals surface area contributed by atoms with E-state index in [2.05, 4.69) is 5.32 Å². The van der Waals surface area contributed by atoms with Gasteiger partial charge in [0.15, 0.2) is 0 Å². The molecule has 3 atom stereocenters. The van der Waals surface area contributed by atoms with Crippen LogP contribution < -0.4 is 5.32 Å². The van der Waals surface area contributed by atoms with Crippen LogP contribution in [-0.4, -0.2) is 29.1 Å². The lowest BCUT2D eigenvalue weighted by molar-refractivity contribution is 0.112. The highest BCUT2D eigenvalue weighted by atomic mass is 35.5. The number of rotatable bonds is 2. The van der Waals surface area contributed by atoms with E-state index in [0.29, 0.717) is 12.1 Å². The summed E-state index contributed by atoms with van der Waals surface area (Å²) in [5, 5.41) is 13.9. The normalized spacial score (nSPS) is 30.6. The maximum atomic E-state index is 9.66. The first-order valence-corrected chi connectivity index (χ1v) is 6.84. The summed E-state index contributed by atoms with van der Waals surface area (Å²) in [5.74, 6) is 1.04. The minimum Gasteiger partial charge on any atom is -0.393 e. The van der Waals surface area contributed by atoms with Crippen LogP contribution in [0.2, 0.25) is 5.02 Å². The zero-order valence-corrected chi connectivity index (χ0v) is 10.9. The van der Waals surface area contributed by atoms with E-state index in [1.807, 2.05) is 24.3 Å². The fourth-order valence-corrected chi connectivity index (χ4v) is 2.91. The summed E-state index contributed by atoms with van der Waals surface area (Å²) in [6.45, 7) is 0. The molecular formula is C14H17ClN2O. The van der Waals surface area contributed by atoms with E-state index >= 15 is 0 Å². The number of halogens is 1. The smallest absolute Gasteiger partial charge is 0.101 e. The molecule has 3 nitrogen and oxygen atoms in total. The van der Waals surface area contributed by atoms with Gasteiger partial charge in [-0.25, -0.2) is 0 Å². The molecule has 0 saturated heterocycles. The summed E-state index contributed by atoms with van der Waals surface area (Å²) in [7, 11) is 0. The summed E-state index contributed by atoms with van der Waals surface area (Å²) >= 11 is 5.87. The van der Waals surface area contributed by atoms with Crippen molar-refractivity contribution in [3.05, 3.63) is 34.9 Å². The molecule has 0 amide bonds. The molecule has 0 spiro atoms. The molecular weight excluding hydrogens is 248 g/mol. The molecule has 1 aromatic rings. The number of aliphatic imine (C=N–C) groups is 1. The Morgan fingerprint density at radius 3 is 2.83 bits per heavy atom. The van der Waals surface area contributed by atoms with Crippen molar-refractivity contribution in [3.8, 4) is 0 Å². The van der Waals surface area contributed by atoms with Crippen molar-refractivity contribution in [2.75, 3.05) is 0 Å². The second kappa shape index (κ2) is 4.90. The van der Waals surface area contributed by atoms with Crippen molar-refractivity contribution in [3.63, 3.8) is 0 Å². The number of nitrogens with one attached hydrogen (secondary N) is 1. The third-order valence-electron chi connectivity index (χ3n) is 3.74. The van der Waals surface area contributed by atoms with E-state index in [0.717, 1.165) is 36.5 Å². The Hall–Kier alpha value is -1.06. The van der Waals surface area contributed by atoms with E-state index in [4.69, 9.17) is 16.6 Å². The lowest BCUT2D eigenvalue weighted by Gasteiger charge is -2.27. The number of hydrogen-bond donors (Lipinski definition) is 2. The van der Waals surface area contributed by atoms with Crippen LogP contribution >= 0.6 is 11.6 Å². The first-order valence-electron chi connectivity index (χ1n) is 6.46. The van der Waals surface area contributed by atoms with Gasteiger partial charge in [0.1, 0.15) is 5.84 Å². The molecule has 3 unspecified atom stereocenters. The molecule has 1 fully saturated rings. The van der Waals surface area contributed by atoms with E-state index in [-0.39, 0.29) is 6.10 Å². The molecule has 2 N–H and O–H groups in total. The highest BCUT2D eigenvalue weighted by Gasteiger charge is 2.34. The molecule has 0 radical (unpaired) electrons.